The molecule has 3 aromatic heterocycles. The van der Waals surface area contributed by atoms with Crippen LogP contribution in [-0.2, 0) is 24.2 Å². The number of nitrogens with one attached hydrogen (secondary N) is 1. The smallest absolute Gasteiger partial charge is 0.166 e. The molecule has 7 nitrogen and oxygen atoms in total. The minimum absolute atomic E-state index is 0.0359. The van der Waals surface area contributed by atoms with Gasteiger partial charge >= 0.3 is 0 Å². The van der Waals surface area contributed by atoms with E-state index in [1.165, 1.54) is 29.2 Å². The highest BCUT2D eigenvalue weighted by molar-refractivity contribution is 5.95. The summed E-state index contributed by atoms with van der Waals surface area (Å²) in [6.45, 7) is 0.113. The number of nitrogens with zero attached hydrogens (tertiary/aromatic N) is 4. The third-order valence-corrected chi connectivity index (χ3v) is 5.02. The fourth-order valence-corrected chi connectivity index (χ4v) is 3.41. The lowest BCUT2D eigenvalue weighted by Gasteiger charge is -2.01. The third-order valence-electron chi connectivity index (χ3n) is 5.02. The average molecular weight is 419 g/mol. The largest absolute Gasteiger partial charge is 0.342 e. The SMILES string of the molecule is O=C(CCCc1nc2ccccc2[nH]1)Cn1cc(C(=O)CCc2ncccc2F)cn1. The molecular formula is C23H22FN5O2. The van der Waals surface area contributed by atoms with E-state index in [-0.39, 0.29) is 36.6 Å². The number of carbonyl (C=O) groups is 2. The van der Waals surface area contributed by atoms with E-state index < -0.39 is 5.82 Å². The summed E-state index contributed by atoms with van der Waals surface area (Å²) in [7, 11) is 0. The predicted molar refractivity (Wildman–Crippen MR) is 113 cm³/mol. The second-order valence-electron chi connectivity index (χ2n) is 7.37. The lowest BCUT2D eigenvalue weighted by atomic mass is 10.1. The zero-order chi connectivity index (χ0) is 21.6. The number of ketones is 2. The van der Waals surface area contributed by atoms with Crippen LogP contribution in [0.15, 0.2) is 55.0 Å². The summed E-state index contributed by atoms with van der Waals surface area (Å²) < 4.78 is 15.1. The molecule has 0 spiro atoms. The zero-order valence-corrected chi connectivity index (χ0v) is 16.9. The van der Waals surface area contributed by atoms with Crippen molar-refractivity contribution in [2.45, 2.75) is 38.6 Å². The molecule has 8 heteroatoms. The van der Waals surface area contributed by atoms with Crippen LogP contribution < -0.4 is 0 Å². The van der Waals surface area contributed by atoms with Crippen molar-refractivity contribution >= 4 is 22.6 Å². The van der Waals surface area contributed by atoms with Gasteiger partial charge in [-0.3, -0.25) is 19.3 Å². The number of halogens is 1. The van der Waals surface area contributed by atoms with Gasteiger partial charge < -0.3 is 4.98 Å². The fraction of sp³-hybridized carbons (Fsp3) is 0.261. The van der Waals surface area contributed by atoms with Crippen molar-refractivity contribution < 1.29 is 14.0 Å². The number of benzene rings is 1. The monoisotopic (exact) mass is 419 g/mol. The van der Waals surface area contributed by atoms with E-state index in [0.717, 1.165) is 16.9 Å². The molecule has 4 rings (SSSR count). The number of aromatic amines is 1. The second-order valence-corrected chi connectivity index (χ2v) is 7.37. The van der Waals surface area contributed by atoms with Crippen LogP contribution in [-0.4, -0.2) is 36.3 Å². The predicted octanol–water partition coefficient (Wildman–Crippen LogP) is 3.70. The Labute approximate surface area is 178 Å². The topological polar surface area (TPSA) is 93.5 Å². The molecule has 0 unspecified atom stereocenters. The van der Waals surface area contributed by atoms with Gasteiger partial charge in [-0.15, -0.1) is 0 Å². The Morgan fingerprint density at radius 3 is 2.77 bits per heavy atom. The second kappa shape index (κ2) is 9.42. The Bertz CT molecular complexity index is 1180. The summed E-state index contributed by atoms with van der Waals surface area (Å²) in [4.78, 5) is 36.3. The number of carbonyl (C=O) groups excluding carboxylic acids is 2. The number of fused-ring (bicyclic) bond motifs is 1. The minimum atomic E-state index is -0.417. The number of hydrogen-bond acceptors (Lipinski definition) is 5. The van der Waals surface area contributed by atoms with Crippen molar-refractivity contribution in [1.29, 1.82) is 0 Å². The Morgan fingerprint density at radius 2 is 1.94 bits per heavy atom. The highest BCUT2D eigenvalue weighted by Gasteiger charge is 2.13. The molecule has 0 atom stereocenters. The summed E-state index contributed by atoms with van der Waals surface area (Å²) in [5.41, 5.74) is 2.58. The fourth-order valence-electron chi connectivity index (χ4n) is 3.41. The molecule has 0 aliphatic rings. The number of para-hydroxylation sites is 2. The van der Waals surface area contributed by atoms with E-state index >= 15 is 0 Å². The number of H-pyrrole nitrogens is 1. The highest BCUT2D eigenvalue weighted by atomic mass is 19.1. The molecular weight excluding hydrogens is 397 g/mol. The van der Waals surface area contributed by atoms with E-state index in [4.69, 9.17) is 0 Å². The zero-order valence-electron chi connectivity index (χ0n) is 16.9. The van der Waals surface area contributed by atoms with E-state index in [9.17, 15) is 14.0 Å². The van der Waals surface area contributed by atoms with Gasteiger partial charge in [0.15, 0.2) is 11.6 Å². The minimum Gasteiger partial charge on any atom is -0.342 e. The number of imidazole rings is 1. The van der Waals surface area contributed by atoms with E-state index in [1.807, 2.05) is 24.3 Å². The Balaban J connectivity index is 1.23. The molecule has 158 valence electrons. The molecule has 0 aliphatic heterocycles. The first-order valence-electron chi connectivity index (χ1n) is 10.2. The first-order valence-corrected chi connectivity index (χ1v) is 10.2. The van der Waals surface area contributed by atoms with Crippen molar-refractivity contribution in [2.75, 3.05) is 0 Å². The first kappa shape index (κ1) is 20.6. The number of rotatable bonds is 10. The molecule has 1 N–H and O–H groups in total. The molecule has 0 bridgehead atoms. The molecule has 3 heterocycles. The van der Waals surface area contributed by atoms with Gasteiger partial charge in [0, 0.05) is 31.7 Å². The van der Waals surface area contributed by atoms with Crippen LogP contribution in [0.1, 0.15) is 41.1 Å². The van der Waals surface area contributed by atoms with E-state index in [2.05, 4.69) is 20.1 Å². The molecule has 0 saturated heterocycles. The Hall–Kier alpha value is -3.68. The maximum absolute atomic E-state index is 13.6. The summed E-state index contributed by atoms with van der Waals surface area (Å²) >= 11 is 0. The van der Waals surface area contributed by atoms with Crippen LogP contribution in [0.5, 0.6) is 0 Å². The number of aryl methyl sites for hydroxylation is 2. The van der Waals surface area contributed by atoms with E-state index in [1.54, 1.807) is 6.20 Å². The molecule has 0 saturated carbocycles. The van der Waals surface area contributed by atoms with Gasteiger partial charge in [-0.2, -0.15) is 5.10 Å². The van der Waals surface area contributed by atoms with Gasteiger partial charge in [0.25, 0.3) is 0 Å². The molecule has 4 aromatic rings. The maximum atomic E-state index is 13.6. The summed E-state index contributed by atoms with van der Waals surface area (Å²) in [5.74, 6) is 0.326. The molecule has 0 aliphatic carbocycles. The van der Waals surface area contributed by atoms with Crippen LogP contribution >= 0.6 is 0 Å². The molecule has 0 radical (unpaired) electrons. The number of pyridine rings is 1. The van der Waals surface area contributed by atoms with Crippen LogP contribution in [0.3, 0.4) is 0 Å². The van der Waals surface area contributed by atoms with Crippen LogP contribution in [0.2, 0.25) is 0 Å². The number of aromatic nitrogens is 5. The van der Waals surface area contributed by atoms with Gasteiger partial charge in [0.1, 0.15) is 11.6 Å². The first-order chi connectivity index (χ1) is 15.1. The molecule has 0 fully saturated rings. The molecule has 31 heavy (non-hydrogen) atoms. The summed E-state index contributed by atoms with van der Waals surface area (Å²) in [5, 5.41) is 4.11. The quantitative estimate of drug-likeness (QED) is 0.396. The standard InChI is InChI=1S/C23H22FN5O2/c24-18-6-4-12-25-19(18)10-11-22(31)16-13-26-29(14-16)15-17(30)5-3-9-23-27-20-7-1-2-8-21(20)28-23/h1-2,4,6-8,12-14H,3,5,9-11,15H2,(H,27,28). The molecule has 1 aromatic carbocycles. The van der Waals surface area contributed by atoms with Crippen molar-refractivity contribution in [2.24, 2.45) is 0 Å². The van der Waals surface area contributed by atoms with Gasteiger partial charge in [0.05, 0.1) is 35.0 Å². The van der Waals surface area contributed by atoms with Crippen molar-refractivity contribution in [3.63, 3.8) is 0 Å². The van der Waals surface area contributed by atoms with Crippen molar-refractivity contribution in [3.05, 3.63) is 77.9 Å². The average Bonchev–Trinajstić information content (AvgIpc) is 3.39. The van der Waals surface area contributed by atoms with Gasteiger partial charge in [-0.1, -0.05) is 12.1 Å². The number of Topliss-reactive ketones (excluding diaryl/α,β-unsaturated/α-hetero) is 2. The van der Waals surface area contributed by atoms with Crippen LogP contribution in [0, 0.1) is 5.82 Å². The van der Waals surface area contributed by atoms with Crippen molar-refractivity contribution in [3.8, 4) is 0 Å². The Kier molecular flexibility index (Phi) is 6.26. The Morgan fingerprint density at radius 1 is 1.06 bits per heavy atom. The third kappa shape index (κ3) is 5.28. The van der Waals surface area contributed by atoms with Gasteiger partial charge in [-0.25, -0.2) is 9.37 Å². The van der Waals surface area contributed by atoms with Crippen molar-refractivity contribution in [1.82, 2.24) is 24.7 Å². The van der Waals surface area contributed by atoms with Crippen LogP contribution in [0.4, 0.5) is 4.39 Å². The normalized spacial score (nSPS) is 11.1. The van der Waals surface area contributed by atoms with Gasteiger partial charge in [-0.05, 0) is 37.1 Å². The molecule has 0 amide bonds. The van der Waals surface area contributed by atoms with Crippen LogP contribution in [0.25, 0.3) is 11.0 Å². The number of hydrogen-bond donors (Lipinski definition) is 1. The summed E-state index contributed by atoms with van der Waals surface area (Å²) in [6, 6.07) is 10.7. The highest BCUT2D eigenvalue weighted by Crippen LogP contribution is 2.13. The van der Waals surface area contributed by atoms with E-state index in [0.29, 0.717) is 24.8 Å². The lowest BCUT2D eigenvalue weighted by Crippen LogP contribution is -2.11. The summed E-state index contributed by atoms with van der Waals surface area (Å²) in [6.07, 6.45) is 6.63. The maximum Gasteiger partial charge on any atom is 0.166 e. The lowest BCUT2D eigenvalue weighted by molar-refractivity contribution is -0.119. The van der Waals surface area contributed by atoms with Gasteiger partial charge in [0.2, 0.25) is 0 Å².